The summed E-state index contributed by atoms with van der Waals surface area (Å²) in [6.07, 6.45) is 1.88. The second-order valence-corrected chi connectivity index (χ2v) is 5.30. The lowest BCUT2D eigenvalue weighted by atomic mass is 10.3. The Balaban J connectivity index is 2.37. The molecule has 94 valence electrons. The van der Waals surface area contributed by atoms with Crippen LogP contribution in [0.4, 0.5) is 9.70 Å². The number of carbonyl (C=O) groups excluding carboxylic acids is 1. The van der Waals surface area contributed by atoms with Crippen LogP contribution >= 0.6 is 0 Å². The van der Waals surface area contributed by atoms with Crippen LogP contribution in [0.2, 0.25) is 0 Å². The molecule has 0 aliphatic carbocycles. The molecule has 0 radical (unpaired) electrons. The van der Waals surface area contributed by atoms with Gasteiger partial charge in [-0.1, -0.05) is 0 Å². The highest BCUT2D eigenvalue weighted by molar-refractivity contribution is 7.87. The van der Waals surface area contributed by atoms with Crippen molar-refractivity contribution in [3.8, 4) is 6.07 Å². The van der Waals surface area contributed by atoms with Gasteiger partial charge in [0.05, 0.1) is 6.20 Å². The van der Waals surface area contributed by atoms with Crippen molar-refractivity contribution >= 4 is 21.9 Å². The standard InChI is InChI=1S/C9H7FN4O3S/c10-18(16,17)7-1-8(15)14(4-7)9-6(2-11)3-12-5-13-9/h3,5,7H,1,4H2. The molecule has 1 aromatic rings. The van der Waals surface area contributed by atoms with E-state index in [2.05, 4.69) is 9.97 Å². The van der Waals surface area contributed by atoms with Crippen molar-refractivity contribution in [2.45, 2.75) is 11.7 Å². The maximum Gasteiger partial charge on any atom is 0.307 e. The molecular formula is C9H7FN4O3S. The maximum absolute atomic E-state index is 12.8. The summed E-state index contributed by atoms with van der Waals surface area (Å²) in [5.41, 5.74) is 0.0303. The predicted molar refractivity (Wildman–Crippen MR) is 57.5 cm³/mol. The van der Waals surface area contributed by atoms with E-state index in [4.69, 9.17) is 5.26 Å². The Morgan fingerprint density at radius 3 is 2.83 bits per heavy atom. The predicted octanol–water partition coefficient (Wildman–Crippen LogP) is -0.247. The molecule has 1 aliphatic rings. The molecule has 18 heavy (non-hydrogen) atoms. The van der Waals surface area contributed by atoms with Crippen LogP contribution in [0.3, 0.4) is 0 Å². The number of nitrogens with zero attached hydrogens (tertiary/aromatic N) is 4. The van der Waals surface area contributed by atoms with Crippen molar-refractivity contribution in [3.05, 3.63) is 18.1 Å². The van der Waals surface area contributed by atoms with Gasteiger partial charge < -0.3 is 0 Å². The number of amides is 1. The fourth-order valence-electron chi connectivity index (χ4n) is 1.69. The third-order valence-electron chi connectivity index (χ3n) is 2.56. The molecular weight excluding hydrogens is 263 g/mol. The summed E-state index contributed by atoms with van der Waals surface area (Å²) in [5, 5.41) is 7.42. The number of nitriles is 1. The first-order chi connectivity index (χ1) is 8.43. The van der Waals surface area contributed by atoms with E-state index >= 15 is 0 Å². The van der Waals surface area contributed by atoms with Crippen molar-refractivity contribution in [2.75, 3.05) is 11.4 Å². The van der Waals surface area contributed by atoms with Crippen LogP contribution in [0.5, 0.6) is 0 Å². The Bertz CT molecular complexity index is 639. The first-order valence-corrected chi connectivity index (χ1v) is 6.32. The Labute approximate surface area is 102 Å². The zero-order chi connectivity index (χ0) is 13.3. The van der Waals surface area contributed by atoms with Gasteiger partial charge in [0.15, 0.2) is 5.82 Å². The van der Waals surface area contributed by atoms with Crippen LogP contribution in [0.15, 0.2) is 12.5 Å². The molecule has 0 spiro atoms. The fourth-order valence-corrected chi connectivity index (χ4v) is 2.35. The summed E-state index contributed by atoms with van der Waals surface area (Å²) in [5.74, 6) is -0.583. The molecule has 1 aromatic heterocycles. The first-order valence-electron chi connectivity index (χ1n) is 4.87. The van der Waals surface area contributed by atoms with Crippen LogP contribution in [0.25, 0.3) is 0 Å². The Morgan fingerprint density at radius 1 is 1.56 bits per heavy atom. The zero-order valence-corrected chi connectivity index (χ0v) is 9.76. The van der Waals surface area contributed by atoms with Crippen molar-refractivity contribution in [2.24, 2.45) is 0 Å². The molecule has 0 aromatic carbocycles. The van der Waals surface area contributed by atoms with E-state index in [1.54, 1.807) is 6.07 Å². The smallest absolute Gasteiger partial charge is 0.294 e. The van der Waals surface area contributed by atoms with Crippen molar-refractivity contribution in [3.63, 3.8) is 0 Å². The van der Waals surface area contributed by atoms with Gasteiger partial charge in [-0.25, -0.2) is 9.97 Å². The van der Waals surface area contributed by atoms with Gasteiger partial charge in [-0.05, 0) is 0 Å². The van der Waals surface area contributed by atoms with Gasteiger partial charge in [0.25, 0.3) is 0 Å². The molecule has 1 atom stereocenters. The molecule has 2 rings (SSSR count). The second-order valence-electron chi connectivity index (χ2n) is 3.68. The van der Waals surface area contributed by atoms with E-state index in [1.807, 2.05) is 0 Å². The average Bonchev–Trinajstić information content (AvgIpc) is 2.71. The van der Waals surface area contributed by atoms with Gasteiger partial charge in [0, 0.05) is 13.0 Å². The van der Waals surface area contributed by atoms with Crippen LogP contribution in [0.1, 0.15) is 12.0 Å². The Hall–Kier alpha value is -2.08. The summed E-state index contributed by atoms with van der Waals surface area (Å²) in [4.78, 5) is 20.0. The molecule has 1 saturated heterocycles. The van der Waals surface area contributed by atoms with E-state index in [1.165, 1.54) is 6.20 Å². The third-order valence-corrected chi connectivity index (χ3v) is 3.67. The molecule has 9 heteroatoms. The Morgan fingerprint density at radius 2 is 2.28 bits per heavy atom. The van der Waals surface area contributed by atoms with E-state index in [9.17, 15) is 17.1 Å². The molecule has 0 N–H and O–H groups in total. The summed E-state index contributed by atoms with van der Waals surface area (Å²) in [7, 11) is -4.78. The van der Waals surface area contributed by atoms with E-state index in [0.29, 0.717) is 0 Å². The minimum atomic E-state index is -4.78. The van der Waals surface area contributed by atoms with Gasteiger partial charge in [-0.2, -0.15) is 13.7 Å². The topological polar surface area (TPSA) is 104 Å². The van der Waals surface area contributed by atoms with E-state index in [-0.39, 0.29) is 17.9 Å². The minimum Gasteiger partial charge on any atom is -0.294 e. The van der Waals surface area contributed by atoms with Crippen molar-refractivity contribution < 1.29 is 17.1 Å². The average molecular weight is 270 g/mol. The summed E-state index contributed by atoms with van der Waals surface area (Å²) < 4.78 is 34.4. The summed E-state index contributed by atoms with van der Waals surface area (Å²) in [6, 6.07) is 1.78. The number of rotatable bonds is 2. The molecule has 2 heterocycles. The number of aromatic nitrogens is 2. The molecule has 7 nitrogen and oxygen atoms in total. The largest absolute Gasteiger partial charge is 0.307 e. The van der Waals surface area contributed by atoms with Crippen molar-refractivity contribution in [1.82, 2.24) is 9.97 Å². The number of carbonyl (C=O) groups is 1. The molecule has 1 amide bonds. The van der Waals surface area contributed by atoms with Crippen LogP contribution in [-0.2, 0) is 15.0 Å². The van der Waals surface area contributed by atoms with Gasteiger partial charge in [0.1, 0.15) is 23.2 Å². The molecule has 1 unspecified atom stereocenters. The Kier molecular flexibility index (Phi) is 2.96. The van der Waals surface area contributed by atoms with Gasteiger partial charge in [-0.15, -0.1) is 3.89 Å². The third kappa shape index (κ3) is 2.14. The highest BCUT2D eigenvalue weighted by Gasteiger charge is 2.40. The second kappa shape index (κ2) is 4.30. The van der Waals surface area contributed by atoms with E-state index in [0.717, 1.165) is 11.2 Å². The lowest BCUT2D eigenvalue weighted by molar-refractivity contribution is -0.117. The lowest BCUT2D eigenvalue weighted by Gasteiger charge is -2.15. The maximum atomic E-state index is 12.8. The lowest BCUT2D eigenvalue weighted by Crippen LogP contribution is -2.28. The number of hydrogen-bond acceptors (Lipinski definition) is 6. The highest BCUT2D eigenvalue weighted by Crippen LogP contribution is 2.25. The van der Waals surface area contributed by atoms with Gasteiger partial charge >= 0.3 is 10.2 Å². The summed E-state index contributed by atoms with van der Waals surface area (Å²) in [6.45, 7) is -0.344. The number of hydrogen-bond donors (Lipinski definition) is 0. The fraction of sp³-hybridized carbons (Fsp3) is 0.333. The monoisotopic (exact) mass is 270 g/mol. The van der Waals surface area contributed by atoms with Crippen molar-refractivity contribution in [1.29, 1.82) is 5.26 Å². The quantitative estimate of drug-likeness (QED) is 0.686. The molecule has 0 bridgehead atoms. The molecule has 1 aliphatic heterocycles. The number of halogens is 1. The minimum absolute atomic E-state index is 0.00338. The van der Waals surface area contributed by atoms with Crippen LogP contribution in [0, 0.1) is 11.3 Å². The molecule has 1 fully saturated rings. The zero-order valence-electron chi connectivity index (χ0n) is 8.95. The van der Waals surface area contributed by atoms with Crippen LogP contribution in [-0.4, -0.2) is 36.1 Å². The normalized spacial score (nSPS) is 19.9. The summed E-state index contributed by atoms with van der Waals surface area (Å²) >= 11 is 0. The van der Waals surface area contributed by atoms with Gasteiger partial charge in [-0.3, -0.25) is 9.69 Å². The van der Waals surface area contributed by atoms with Crippen LogP contribution < -0.4 is 4.90 Å². The number of anilines is 1. The van der Waals surface area contributed by atoms with E-state index < -0.39 is 27.8 Å². The SMILES string of the molecule is N#Cc1cncnc1N1CC(S(=O)(=O)F)CC1=O. The highest BCUT2D eigenvalue weighted by atomic mass is 32.3. The first kappa shape index (κ1) is 12.4. The molecule has 0 saturated carbocycles. The van der Waals surface area contributed by atoms with Gasteiger partial charge in [0.2, 0.25) is 5.91 Å².